The van der Waals surface area contributed by atoms with Crippen molar-refractivity contribution < 1.29 is 9.53 Å². The van der Waals surface area contributed by atoms with Gasteiger partial charge in [-0.05, 0) is 43.3 Å². The van der Waals surface area contributed by atoms with Gasteiger partial charge in [-0.25, -0.2) is 9.97 Å². The van der Waals surface area contributed by atoms with Gasteiger partial charge in [0.05, 0.1) is 35.9 Å². The van der Waals surface area contributed by atoms with E-state index in [1.54, 1.807) is 18.2 Å². The predicted octanol–water partition coefficient (Wildman–Crippen LogP) is 2.23. The van der Waals surface area contributed by atoms with Crippen molar-refractivity contribution in [3.8, 4) is 17.0 Å². The second-order valence-corrected chi connectivity index (χ2v) is 7.62. The Kier molecular flexibility index (Phi) is 7.12. The number of benzene rings is 2. The lowest BCUT2D eigenvalue weighted by molar-refractivity contribution is -0.121. The van der Waals surface area contributed by atoms with Gasteiger partial charge in [-0.2, -0.15) is 0 Å². The zero-order chi connectivity index (χ0) is 23.9. The number of aryl methyl sites for hydroxylation is 1. The molecule has 0 atom stereocenters. The maximum atomic E-state index is 12.5. The SMILES string of the molecule is CCOc1ccc(-c2cc(=O)n(CCNC(=O)CCn3cnc4ccccc4c3=O)cn2)cc1. The minimum Gasteiger partial charge on any atom is -0.494 e. The van der Waals surface area contributed by atoms with Gasteiger partial charge >= 0.3 is 0 Å². The number of hydrogen-bond acceptors (Lipinski definition) is 6. The van der Waals surface area contributed by atoms with E-state index in [1.807, 2.05) is 37.3 Å². The zero-order valence-electron chi connectivity index (χ0n) is 18.8. The molecule has 1 amide bonds. The van der Waals surface area contributed by atoms with Gasteiger partial charge < -0.3 is 10.1 Å². The molecule has 0 bridgehead atoms. The number of para-hydroxylation sites is 1. The van der Waals surface area contributed by atoms with Gasteiger partial charge in [0.2, 0.25) is 5.91 Å². The van der Waals surface area contributed by atoms with Crippen LogP contribution in [-0.4, -0.2) is 38.2 Å². The van der Waals surface area contributed by atoms with Crippen molar-refractivity contribution in [1.82, 2.24) is 24.4 Å². The number of ether oxygens (including phenoxy) is 1. The molecule has 34 heavy (non-hydrogen) atoms. The Balaban J connectivity index is 1.29. The minimum absolute atomic E-state index is 0.129. The van der Waals surface area contributed by atoms with E-state index >= 15 is 0 Å². The quantitative estimate of drug-likeness (QED) is 0.411. The number of hydrogen-bond donors (Lipinski definition) is 1. The zero-order valence-corrected chi connectivity index (χ0v) is 18.8. The number of carbonyl (C=O) groups is 1. The molecule has 9 heteroatoms. The number of rotatable bonds is 9. The second kappa shape index (κ2) is 10.6. The molecular formula is C25H25N5O4. The summed E-state index contributed by atoms with van der Waals surface area (Å²) >= 11 is 0. The molecule has 0 fully saturated rings. The summed E-state index contributed by atoms with van der Waals surface area (Å²) in [6, 6.07) is 15.9. The van der Waals surface area contributed by atoms with Gasteiger partial charge in [0.25, 0.3) is 11.1 Å². The molecule has 0 spiro atoms. The fourth-order valence-corrected chi connectivity index (χ4v) is 3.53. The van der Waals surface area contributed by atoms with Crippen LogP contribution in [0.15, 0.2) is 76.8 Å². The van der Waals surface area contributed by atoms with Crippen LogP contribution >= 0.6 is 0 Å². The Morgan fingerprint density at radius 2 is 1.74 bits per heavy atom. The Morgan fingerprint density at radius 3 is 2.50 bits per heavy atom. The Hall–Kier alpha value is -4.27. The van der Waals surface area contributed by atoms with Gasteiger partial charge in [-0.15, -0.1) is 0 Å². The highest BCUT2D eigenvalue weighted by Crippen LogP contribution is 2.19. The standard InChI is InChI=1S/C25H25N5O4/c1-2-34-19-9-7-18(8-10-19)22-15-24(32)29(16-28-22)14-12-26-23(31)11-13-30-17-27-21-6-4-3-5-20(21)25(30)33/h3-10,15-17H,2,11-14H2,1H3,(H,26,31). The van der Waals surface area contributed by atoms with E-state index in [9.17, 15) is 14.4 Å². The van der Waals surface area contributed by atoms with E-state index in [0.29, 0.717) is 29.7 Å². The van der Waals surface area contributed by atoms with E-state index in [-0.39, 0.29) is 36.5 Å². The summed E-state index contributed by atoms with van der Waals surface area (Å²) in [5, 5.41) is 3.29. The lowest BCUT2D eigenvalue weighted by Gasteiger charge is -2.09. The molecule has 0 radical (unpaired) electrons. The van der Waals surface area contributed by atoms with Gasteiger partial charge in [-0.3, -0.25) is 23.5 Å². The normalized spacial score (nSPS) is 10.9. The minimum atomic E-state index is -0.216. The van der Waals surface area contributed by atoms with E-state index in [1.165, 1.54) is 27.9 Å². The third-order valence-electron chi connectivity index (χ3n) is 5.33. The fraction of sp³-hybridized carbons (Fsp3) is 0.240. The lowest BCUT2D eigenvalue weighted by atomic mass is 10.1. The molecule has 1 N–H and O–H groups in total. The summed E-state index contributed by atoms with van der Waals surface area (Å²) in [7, 11) is 0. The number of nitrogens with zero attached hydrogens (tertiary/aromatic N) is 4. The first-order valence-electron chi connectivity index (χ1n) is 11.1. The van der Waals surface area contributed by atoms with Crippen molar-refractivity contribution in [2.45, 2.75) is 26.4 Å². The molecule has 0 saturated carbocycles. The van der Waals surface area contributed by atoms with Crippen molar-refractivity contribution in [3.05, 3.63) is 88.0 Å². The Bertz CT molecular complexity index is 1410. The largest absolute Gasteiger partial charge is 0.494 e. The molecule has 4 aromatic rings. The van der Waals surface area contributed by atoms with Crippen LogP contribution in [0.3, 0.4) is 0 Å². The summed E-state index contributed by atoms with van der Waals surface area (Å²) < 4.78 is 8.29. The maximum Gasteiger partial charge on any atom is 0.261 e. The van der Waals surface area contributed by atoms with E-state index in [2.05, 4.69) is 15.3 Å². The molecule has 9 nitrogen and oxygen atoms in total. The Labute approximate surface area is 195 Å². The molecule has 0 aliphatic heterocycles. The molecule has 0 unspecified atom stereocenters. The second-order valence-electron chi connectivity index (χ2n) is 7.62. The molecule has 0 aliphatic rings. The van der Waals surface area contributed by atoms with Crippen LogP contribution < -0.4 is 21.2 Å². The Morgan fingerprint density at radius 1 is 0.971 bits per heavy atom. The summed E-state index contributed by atoms with van der Waals surface area (Å²) in [5.74, 6) is 0.546. The van der Waals surface area contributed by atoms with Crippen LogP contribution in [0.5, 0.6) is 5.75 Å². The van der Waals surface area contributed by atoms with Crippen LogP contribution in [0.1, 0.15) is 13.3 Å². The molecule has 2 aromatic heterocycles. The predicted molar refractivity (Wildman–Crippen MR) is 129 cm³/mol. The molecule has 0 saturated heterocycles. The first kappa shape index (κ1) is 22.9. The molecular weight excluding hydrogens is 434 g/mol. The number of fused-ring (bicyclic) bond motifs is 1. The van der Waals surface area contributed by atoms with Gasteiger partial charge in [0.15, 0.2) is 0 Å². The van der Waals surface area contributed by atoms with Crippen molar-refractivity contribution in [1.29, 1.82) is 0 Å². The number of nitrogens with one attached hydrogen (secondary N) is 1. The maximum absolute atomic E-state index is 12.5. The number of carbonyl (C=O) groups excluding carboxylic acids is 1. The van der Waals surface area contributed by atoms with Crippen molar-refractivity contribution in [2.24, 2.45) is 0 Å². The number of aromatic nitrogens is 4. The smallest absolute Gasteiger partial charge is 0.261 e. The summed E-state index contributed by atoms with van der Waals surface area (Å²) in [6.45, 7) is 3.29. The summed E-state index contributed by atoms with van der Waals surface area (Å²) in [4.78, 5) is 45.8. The van der Waals surface area contributed by atoms with E-state index in [0.717, 1.165) is 11.3 Å². The van der Waals surface area contributed by atoms with Gasteiger partial charge in [0, 0.05) is 37.7 Å². The highest BCUT2D eigenvalue weighted by atomic mass is 16.5. The topological polar surface area (TPSA) is 108 Å². The molecule has 4 rings (SSSR count). The van der Waals surface area contributed by atoms with Crippen molar-refractivity contribution in [2.75, 3.05) is 13.2 Å². The van der Waals surface area contributed by atoms with Crippen LogP contribution in [0.25, 0.3) is 22.2 Å². The average molecular weight is 460 g/mol. The highest BCUT2D eigenvalue weighted by molar-refractivity contribution is 5.77. The van der Waals surface area contributed by atoms with Crippen LogP contribution in [0, 0.1) is 0 Å². The highest BCUT2D eigenvalue weighted by Gasteiger charge is 2.07. The van der Waals surface area contributed by atoms with Gasteiger partial charge in [0.1, 0.15) is 5.75 Å². The van der Waals surface area contributed by atoms with Crippen molar-refractivity contribution >= 4 is 16.8 Å². The summed E-state index contributed by atoms with van der Waals surface area (Å²) in [6.07, 6.45) is 3.06. The molecule has 2 heterocycles. The van der Waals surface area contributed by atoms with Crippen LogP contribution in [0.2, 0.25) is 0 Å². The average Bonchev–Trinajstić information content (AvgIpc) is 2.85. The lowest BCUT2D eigenvalue weighted by Crippen LogP contribution is -2.32. The van der Waals surface area contributed by atoms with Crippen molar-refractivity contribution in [3.63, 3.8) is 0 Å². The first-order chi connectivity index (χ1) is 16.5. The van der Waals surface area contributed by atoms with E-state index in [4.69, 9.17) is 4.74 Å². The summed E-state index contributed by atoms with van der Waals surface area (Å²) in [5.41, 5.74) is 1.63. The third kappa shape index (κ3) is 5.37. The third-order valence-corrected chi connectivity index (χ3v) is 5.33. The van der Waals surface area contributed by atoms with Gasteiger partial charge in [-0.1, -0.05) is 12.1 Å². The fourth-order valence-electron chi connectivity index (χ4n) is 3.53. The van der Waals surface area contributed by atoms with E-state index < -0.39 is 0 Å². The van der Waals surface area contributed by atoms with Crippen LogP contribution in [0.4, 0.5) is 0 Å². The monoisotopic (exact) mass is 459 g/mol. The molecule has 0 aliphatic carbocycles. The number of amides is 1. The molecule has 2 aromatic carbocycles. The molecule has 174 valence electrons. The first-order valence-corrected chi connectivity index (χ1v) is 11.1. The van der Waals surface area contributed by atoms with Crippen LogP contribution in [-0.2, 0) is 17.9 Å².